The molecule has 0 aliphatic carbocycles. The number of morpholine rings is 1. The molecule has 2 aromatic carbocycles. The topological polar surface area (TPSA) is 119 Å². The van der Waals surface area contributed by atoms with Gasteiger partial charge in [0.1, 0.15) is 5.69 Å². The van der Waals surface area contributed by atoms with Crippen molar-refractivity contribution in [1.82, 2.24) is 5.32 Å². The van der Waals surface area contributed by atoms with Gasteiger partial charge in [-0.05, 0) is 36.8 Å². The molecule has 9 nitrogen and oxygen atoms in total. The van der Waals surface area contributed by atoms with Gasteiger partial charge in [0.25, 0.3) is 11.6 Å². The van der Waals surface area contributed by atoms with Crippen LogP contribution in [0.25, 0.3) is 0 Å². The van der Waals surface area contributed by atoms with Gasteiger partial charge in [-0.15, -0.1) is 0 Å². The van der Waals surface area contributed by atoms with Crippen molar-refractivity contribution in [2.45, 2.75) is 17.9 Å². The highest BCUT2D eigenvalue weighted by atomic mass is 32.2. The van der Waals surface area contributed by atoms with Gasteiger partial charge in [-0.1, -0.05) is 12.1 Å². The number of ether oxygens (including phenoxy) is 1. The first-order chi connectivity index (χ1) is 14.2. The van der Waals surface area contributed by atoms with Crippen LogP contribution in [-0.4, -0.2) is 51.8 Å². The van der Waals surface area contributed by atoms with Crippen LogP contribution in [0.5, 0.6) is 0 Å². The van der Waals surface area contributed by atoms with Crippen LogP contribution in [0.2, 0.25) is 0 Å². The number of nitro groups is 1. The molecule has 1 aliphatic heterocycles. The smallest absolute Gasteiger partial charge is 0.293 e. The fraction of sp³-hybridized carbons (Fsp3) is 0.350. The minimum Gasteiger partial charge on any atom is -0.378 e. The van der Waals surface area contributed by atoms with E-state index in [1.807, 2.05) is 4.90 Å². The average molecular weight is 433 g/mol. The molecule has 0 saturated carbocycles. The standard InChI is InChI=1S/C20H23N3O6S/c1-14(15-3-6-17(7-4-15)30(2,27)28)21-20(24)16-5-8-18(19(13-16)23(25)26)22-9-11-29-12-10-22/h3-8,13-14H,9-12H2,1-2H3,(H,21,24). The van der Waals surface area contributed by atoms with Gasteiger partial charge in [0.05, 0.1) is 29.1 Å². The lowest BCUT2D eigenvalue weighted by atomic mass is 10.1. The van der Waals surface area contributed by atoms with Crippen LogP contribution in [0.15, 0.2) is 47.4 Å². The number of sulfone groups is 1. The van der Waals surface area contributed by atoms with Crippen molar-refractivity contribution in [3.8, 4) is 0 Å². The summed E-state index contributed by atoms with van der Waals surface area (Å²) in [4.78, 5) is 25.8. The molecule has 2 aromatic rings. The highest BCUT2D eigenvalue weighted by Crippen LogP contribution is 2.30. The fourth-order valence-electron chi connectivity index (χ4n) is 3.25. The first-order valence-corrected chi connectivity index (χ1v) is 11.3. The van der Waals surface area contributed by atoms with Gasteiger partial charge < -0.3 is 15.0 Å². The summed E-state index contributed by atoms with van der Waals surface area (Å²) in [6, 6.07) is 10.2. The highest BCUT2D eigenvalue weighted by molar-refractivity contribution is 7.90. The second-order valence-corrected chi connectivity index (χ2v) is 9.11. The number of anilines is 1. The van der Waals surface area contributed by atoms with Crippen molar-refractivity contribution < 1.29 is 22.9 Å². The molecule has 30 heavy (non-hydrogen) atoms. The zero-order valence-corrected chi connectivity index (χ0v) is 17.5. The van der Waals surface area contributed by atoms with Gasteiger partial charge in [-0.3, -0.25) is 14.9 Å². The van der Waals surface area contributed by atoms with E-state index >= 15 is 0 Å². The number of nitro benzene ring substituents is 1. The van der Waals surface area contributed by atoms with Crippen molar-refractivity contribution in [1.29, 1.82) is 0 Å². The Balaban J connectivity index is 1.77. The molecule has 1 atom stereocenters. The summed E-state index contributed by atoms with van der Waals surface area (Å²) in [5.41, 5.74) is 1.23. The van der Waals surface area contributed by atoms with Crippen molar-refractivity contribution in [3.63, 3.8) is 0 Å². The molecule has 0 spiro atoms. The number of rotatable bonds is 6. The first-order valence-electron chi connectivity index (χ1n) is 9.39. The quantitative estimate of drug-likeness (QED) is 0.548. The number of benzene rings is 2. The van der Waals surface area contributed by atoms with E-state index in [1.165, 1.54) is 18.2 Å². The highest BCUT2D eigenvalue weighted by Gasteiger charge is 2.24. The summed E-state index contributed by atoms with van der Waals surface area (Å²) in [6.45, 7) is 3.84. The molecular formula is C20H23N3O6S. The van der Waals surface area contributed by atoms with E-state index in [9.17, 15) is 23.3 Å². The van der Waals surface area contributed by atoms with Crippen LogP contribution in [0.1, 0.15) is 28.9 Å². The monoisotopic (exact) mass is 433 g/mol. The third-order valence-electron chi connectivity index (χ3n) is 4.94. The molecule has 1 unspecified atom stereocenters. The summed E-state index contributed by atoms with van der Waals surface area (Å²) >= 11 is 0. The van der Waals surface area contributed by atoms with Gasteiger partial charge in [0, 0.05) is 31.0 Å². The zero-order chi connectivity index (χ0) is 21.9. The lowest BCUT2D eigenvalue weighted by Gasteiger charge is -2.28. The molecule has 0 aromatic heterocycles. The number of carbonyl (C=O) groups is 1. The first kappa shape index (κ1) is 21.7. The van der Waals surface area contributed by atoms with Crippen molar-refractivity contribution in [2.24, 2.45) is 0 Å². The van der Waals surface area contributed by atoms with Crippen molar-refractivity contribution in [2.75, 3.05) is 37.5 Å². The van der Waals surface area contributed by atoms with Crippen LogP contribution in [0.3, 0.4) is 0 Å². The number of hydrogen-bond acceptors (Lipinski definition) is 7. The normalized spacial score (nSPS) is 15.5. The van der Waals surface area contributed by atoms with Gasteiger partial charge in [-0.25, -0.2) is 8.42 Å². The second kappa shape index (κ2) is 8.80. The predicted octanol–water partition coefficient (Wildman–Crippen LogP) is 2.33. The van der Waals surface area contributed by atoms with E-state index in [1.54, 1.807) is 31.2 Å². The Morgan fingerprint density at radius 3 is 2.37 bits per heavy atom. The lowest BCUT2D eigenvalue weighted by Crippen LogP contribution is -2.36. The average Bonchev–Trinajstić information content (AvgIpc) is 2.73. The van der Waals surface area contributed by atoms with Gasteiger partial charge in [0.2, 0.25) is 0 Å². The van der Waals surface area contributed by atoms with Crippen LogP contribution < -0.4 is 10.2 Å². The predicted molar refractivity (Wildman–Crippen MR) is 112 cm³/mol. The fourth-order valence-corrected chi connectivity index (χ4v) is 3.88. The van der Waals surface area contributed by atoms with E-state index in [0.717, 1.165) is 11.8 Å². The second-order valence-electron chi connectivity index (χ2n) is 7.10. The minimum absolute atomic E-state index is 0.130. The molecule has 10 heteroatoms. The molecule has 0 radical (unpaired) electrons. The molecule has 3 rings (SSSR count). The van der Waals surface area contributed by atoms with Crippen LogP contribution in [0.4, 0.5) is 11.4 Å². The molecule has 1 fully saturated rings. The van der Waals surface area contributed by atoms with Gasteiger partial charge in [-0.2, -0.15) is 0 Å². The zero-order valence-electron chi connectivity index (χ0n) is 16.7. The molecule has 1 amide bonds. The molecule has 1 heterocycles. The molecule has 160 valence electrons. The third-order valence-corrected chi connectivity index (χ3v) is 6.07. The van der Waals surface area contributed by atoms with Gasteiger partial charge in [0.15, 0.2) is 9.84 Å². The third kappa shape index (κ3) is 4.95. The van der Waals surface area contributed by atoms with Crippen molar-refractivity contribution >= 4 is 27.1 Å². The molecule has 1 aliphatic rings. The minimum atomic E-state index is -3.30. The summed E-state index contributed by atoms with van der Waals surface area (Å²) in [5, 5.41) is 14.4. The number of nitrogens with zero attached hydrogens (tertiary/aromatic N) is 2. The Morgan fingerprint density at radius 1 is 1.17 bits per heavy atom. The number of nitrogens with one attached hydrogen (secondary N) is 1. The van der Waals surface area contributed by atoms with E-state index < -0.39 is 26.7 Å². The largest absolute Gasteiger partial charge is 0.378 e. The SMILES string of the molecule is CC(NC(=O)c1ccc(N2CCOCC2)c([N+](=O)[O-])c1)c1ccc(S(C)(=O)=O)cc1. The molecule has 0 bridgehead atoms. The Bertz CT molecular complexity index is 1050. The summed E-state index contributed by atoms with van der Waals surface area (Å²) in [5.74, 6) is -0.452. The van der Waals surface area contributed by atoms with E-state index in [4.69, 9.17) is 4.74 Å². The van der Waals surface area contributed by atoms with Gasteiger partial charge >= 0.3 is 0 Å². The molecule has 1 saturated heterocycles. The van der Waals surface area contributed by atoms with Crippen LogP contribution in [-0.2, 0) is 14.6 Å². The van der Waals surface area contributed by atoms with Crippen LogP contribution >= 0.6 is 0 Å². The summed E-state index contributed by atoms with van der Waals surface area (Å²) in [6.07, 6.45) is 1.13. The maximum atomic E-state index is 12.7. The lowest BCUT2D eigenvalue weighted by molar-refractivity contribution is -0.384. The van der Waals surface area contributed by atoms with E-state index in [0.29, 0.717) is 32.0 Å². The Kier molecular flexibility index (Phi) is 6.37. The Labute approximate surface area is 174 Å². The van der Waals surface area contributed by atoms with E-state index in [2.05, 4.69) is 5.32 Å². The number of carbonyl (C=O) groups excluding carboxylic acids is 1. The summed E-state index contributed by atoms with van der Waals surface area (Å²) < 4.78 is 28.4. The summed E-state index contributed by atoms with van der Waals surface area (Å²) in [7, 11) is -3.30. The molecular weight excluding hydrogens is 410 g/mol. The van der Waals surface area contributed by atoms with Crippen LogP contribution in [0, 0.1) is 10.1 Å². The number of hydrogen-bond donors (Lipinski definition) is 1. The Morgan fingerprint density at radius 2 is 1.80 bits per heavy atom. The van der Waals surface area contributed by atoms with E-state index in [-0.39, 0.29) is 16.1 Å². The maximum Gasteiger partial charge on any atom is 0.293 e. The molecule has 1 N–H and O–H groups in total. The number of amides is 1. The maximum absolute atomic E-state index is 12.7. The Hall–Kier alpha value is -2.98. The van der Waals surface area contributed by atoms with Crippen molar-refractivity contribution in [3.05, 3.63) is 63.7 Å².